The SMILES string of the molecule is O=C(NCC(=O)N1CCN(c2ccccc2CN2CCCCC2=O)CC1)c1cc(=O)c2cc(F)cc(F)c2o1. The van der Waals surface area contributed by atoms with E-state index in [0.717, 1.165) is 42.8 Å². The molecule has 2 aliphatic heterocycles. The molecule has 1 aromatic heterocycles. The van der Waals surface area contributed by atoms with Crippen LogP contribution in [0.2, 0.25) is 0 Å². The Bertz CT molecular complexity index is 1480. The summed E-state index contributed by atoms with van der Waals surface area (Å²) in [5.41, 5.74) is 0.805. The Kier molecular flexibility index (Phi) is 7.58. The zero-order chi connectivity index (χ0) is 27.5. The van der Waals surface area contributed by atoms with E-state index in [0.29, 0.717) is 45.2 Å². The van der Waals surface area contributed by atoms with Gasteiger partial charge in [0.2, 0.25) is 11.8 Å². The molecule has 2 fully saturated rings. The molecule has 0 saturated carbocycles. The van der Waals surface area contributed by atoms with Crippen molar-refractivity contribution in [3.63, 3.8) is 0 Å². The highest BCUT2D eigenvalue weighted by Crippen LogP contribution is 2.25. The van der Waals surface area contributed by atoms with Crippen molar-refractivity contribution >= 4 is 34.4 Å². The largest absolute Gasteiger partial charge is 0.448 e. The summed E-state index contributed by atoms with van der Waals surface area (Å²) in [6, 6.07) is 10.2. The number of likely N-dealkylation sites (tertiary alicyclic amines) is 1. The van der Waals surface area contributed by atoms with E-state index in [1.165, 1.54) is 0 Å². The summed E-state index contributed by atoms with van der Waals surface area (Å²) in [5.74, 6) is -3.50. The third kappa shape index (κ3) is 5.76. The maximum atomic E-state index is 14.1. The van der Waals surface area contributed by atoms with E-state index in [9.17, 15) is 28.0 Å². The van der Waals surface area contributed by atoms with Gasteiger partial charge in [-0.2, -0.15) is 0 Å². The smallest absolute Gasteiger partial charge is 0.287 e. The van der Waals surface area contributed by atoms with Crippen molar-refractivity contribution in [1.29, 1.82) is 0 Å². The summed E-state index contributed by atoms with van der Waals surface area (Å²) in [4.78, 5) is 55.5. The molecule has 11 heteroatoms. The second-order valence-corrected chi connectivity index (χ2v) is 9.69. The van der Waals surface area contributed by atoms with Crippen LogP contribution in [0.3, 0.4) is 0 Å². The molecule has 0 unspecified atom stereocenters. The van der Waals surface area contributed by atoms with Crippen molar-refractivity contribution in [2.24, 2.45) is 0 Å². The molecule has 204 valence electrons. The summed E-state index contributed by atoms with van der Waals surface area (Å²) in [6.45, 7) is 3.03. The topological polar surface area (TPSA) is 103 Å². The number of para-hydroxylation sites is 1. The van der Waals surface area contributed by atoms with E-state index < -0.39 is 34.3 Å². The van der Waals surface area contributed by atoms with Gasteiger partial charge < -0.3 is 24.4 Å². The molecule has 3 heterocycles. The first-order valence-electron chi connectivity index (χ1n) is 12.9. The maximum absolute atomic E-state index is 14.1. The van der Waals surface area contributed by atoms with Gasteiger partial charge in [0, 0.05) is 63.5 Å². The van der Waals surface area contributed by atoms with Gasteiger partial charge in [0.15, 0.2) is 22.6 Å². The van der Waals surface area contributed by atoms with Crippen LogP contribution in [-0.4, -0.2) is 66.8 Å². The molecule has 39 heavy (non-hydrogen) atoms. The molecule has 0 atom stereocenters. The van der Waals surface area contributed by atoms with Gasteiger partial charge in [-0.05, 0) is 30.5 Å². The second kappa shape index (κ2) is 11.2. The molecule has 2 saturated heterocycles. The fourth-order valence-electron chi connectivity index (χ4n) is 5.03. The first kappa shape index (κ1) is 26.3. The lowest BCUT2D eigenvalue weighted by molar-refractivity contribution is -0.134. The van der Waals surface area contributed by atoms with E-state index in [1.807, 2.05) is 29.2 Å². The molecule has 0 radical (unpaired) electrons. The molecule has 0 spiro atoms. The van der Waals surface area contributed by atoms with Gasteiger partial charge in [-0.1, -0.05) is 18.2 Å². The Labute approximate surface area is 223 Å². The van der Waals surface area contributed by atoms with E-state index in [2.05, 4.69) is 10.2 Å². The quantitative estimate of drug-likeness (QED) is 0.518. The summed E-state index contributed by atoms with van der Waals surface area (Å²) in [6.07, 6.45) is 2.53. The maximum Gasteiger partial charge on any atom is 0.287 e. The van der Waals surface area contributed by atoms with Crippen molar-refractivity contribution in [3.05, 3.63) is 75.6 Å². The van der Waals surface area contributed by atoms with E-state index in [1.54, 1.807) is 4.90 Å². The van der Waals surface area contributed by atoms with Crippen LogP contribution in [-0.2, 0) is 16.1 Å². The van der Waals surface area contributed by atoms with Crippen molar-refractivity contribution in [2.75, 3.05) is 44.2 Å². The van der Waals surface area contributed by atoms with Crippen LogP contribution in [0.1, 0.15) is 35.4 Å². The Morgan fingerprint density at radius 1 is 0.949 bits per heavy atom. The fourth-order valence-corrected chi connectivity index (χ4v) is 5.03. The van der Waals surface area contributed by atoms with Gasteiger partial charge in [-0.15, -0.1) is 0 Å². The zero-order valence-electron chi connectivity index (χ0n) is 21.3. The van der Waals surface area contributed by atoms with Crippen molar-refractivity contribution in [1.82, 2.24) is 15.1 Å². The summed E-state index contributed by atoms with van der Waals surface area (Å²) in [5, 5.41) is 2.09. The van der Waals surface area contributed by atoms with Crippen molar-refractivity contribution in [3.8, 4) is 0 Å². The molecule has 3 amide bonds. The number of piperazine rings is 1. The normalized spacial score (nSPS) is 16.1. The van der Waals surface area contributed by atoms with Crippen LogP contribution in [0.25, 0.3) is 11.0 Å². The van der Waals surface area contributed by atoms with Gasteiger partial charge in [0.05, 0.1) is 11.9 Å². The number of piperidine rings is 1. The number of carbonyl (C=O) groups is 3. The van der Waals surface area contributed by atoms with Crippen LogP contribution < -0.4 is 15.6 Å². The van der Waals surface area contributed by atoms with E-state index in [-0.39, 0.29) is 23.7 Å². The standard InChI is InChI=1S/C28H28F2N4O5/c29-19-13-20-23(35)15-24(39-27(20)21(30)14-19)28(38)31-16-26(37)33-11-9-32(10-12-33)22-6-2-1-5-18(22)17-34-8-4-3-7-25(34)36/h1-2,5-6,13-15H,3-4,7-12,16-17H2,(H,31,38). The molecule has 1 N–H and O–H groups in total. The number of amides is 3. The molecule has 0 bridgehead atoms. The molecule has 3 aromatic rings. The number of halogens is 2. The number of nitrogens with zero attached hydrogens (tertiary/aromatic N) is 3. The number of rotatable bonds is 6. The highest BCUT2D eigenvalue weighted by molar-refractivity contribution is 5.95. The predicted octanol–water partition coefficient (Wildman–Crippen LogP) is 2.66. The highest BCUT2D eigenvalue weighted by atomic mass is 19.1. The van der Waals surface area contributed by atoms with Crippen molar-refractivity contribution in [2.45, 2.75) is 25.8 Å². The predicted molar refractivity (Wildman–Crippen MR) is 139 cm³/mol. The first-order chi connectivity index (χ1) is 18.8. The minimum absolute atomic E-state index is 0.176. The highest BCUT2D eigenvalue weighted by Gasteiger charge is 2.25. The molecule has 2 aromatic carbocycles. The Morgan fingerprint density at radius 3 is 2.49 bits per heavy atom. The van der Waals surface area contributed by atoms with Crippen molar-refractivity contribution < 1.29 is 27.6 Å². The molecule has 9 nitrogen and oxygen atoms in total. The Hall–Kier alpha value is -4.28. The number of fused-ring (bicyclic) bond motifs is 1. The third-order valence-electron chi connectivity index (χ3n) is 7.12. The summed E-state index contributed by atoms with van der Waals surface area (Å²) < 4.78 is 32.7. The third-order valence-corrected chi connectivity index (χ3v) is 7.12. The number of hydrogen-bond donors (Lipinski definition) is 1. The summed E-state index contributed by atoms with van der Waals surface area (Å²) >= 11 is 0. The van der Waals surface area contributed by atoms with E-state index >= 15 is 0 Å². The number of carbonyl (C=O) groups excluding carboxylic acids is 3. The van der Waals surface area contributed by atoms with Crippen LogP contribution in [0.4, 0.5) is 14.5 Å². The molecular weight excluding hydrogens is 510 g/mol. The van der Waals surface area contributed by atoms with Gasteiger partial charge in [-0.3, -0.25) is 19.2 Å². The van der Waals surface area contributed by atoms with Gasteiger partial charge in [0.25, 0.3) is 5.91 Å². The molecule has 5 rings (SSSR count). The van der Waals surface area contributed by atoms with E-state index in [4.69, 9.17) is 4.42 Å². The van der Waals surface area contributed by atoms with Crippen LogP contribution in [0, 0.1) is 11.6 Å². The lowest BCUT2D eigenvalue weighted by atomic mass is 10.1. The Balaban J connectivity index is 1.17. The molecule has 0 aliphatic carbocycles. The van der Waals surface area contributed by atoms with Gasteiger partial charge >= 0.3 is 0 Å². The second-order valence-electron chi connectivity index (χ2n) is 9.69. The number of anilines is 1. The average Bonchev–Trinajstić information content (AvgIpc) is 2.93. The number of benzene rings is 2. The van der Waals surface area contributed by atoms with Gasteiger partial charge in [0.1, 0.15) is 5.82 Å². The number of nitrogens with one attached hydrogen (secondary N) is 1. The lowest BCUT2D eigenvalue weighted by Crippen LogP contribution is -2.51. The zero-order valence-corrected chi connectivity index (χ0v) is 21.3. The number of hydrogen-bond acceptors (Lipinski definition) is 6. The summed E-state index contributed by atoms with van der Waals surface area (Å²) in [7, 11) is 0. The molecular formula is C28H28F2N4O5. The molecule has 2 aliphatic rings. The van der Waals surface area contributed by atoms with Crippen LogP contribution in [0.15, 0.2) is 51.7 Å². The van der Waals surface area contributed by atoms with Crippen LogP contribution >= 0.6 is 0 Å². The fraction of sp³-hybridized carbons (Fsp3) is 0.357. The minimum Gasteiger partial charge on any atom is -0.448 e. The monoisotopic (exact) mass is 538 g/mol. The first-order valence-corrected chi connectivity index (χ1v) is 12.9. The minimum atomic E-state index is -1.10. The van der Waals surface area contributed by atoms with Crippen LogP contribution in [0.5, 0.6) is 0 Å². The average molecular weight is 539 g/mol. The lowest BCUT2D eigenvalue weighted by Gasteiger charge is -2.37. The Morgan fingerprint density at radius 2 is 1.72 bits per heavy atom. The van der Waals surface area contributed by atoms with Gasteiger partial charge in [-0.25, -0.2) is 8.78 Å².